The van der Waals surface area contributed by atoms with E-state index in [1.54, 1.807) is 43.5 Å². The first-order valence-electron chi connectivity index (χ1n) is 12.1. The van der Waals surface area contributed by atoms with E-state index in [0.717, 1.165) is 16.7 Å². The summed E-state index contributed by atoms with van der Waals surface area (Å²) in [6.07, 6.45) is -1.43. The van der Waals surface area contributed by atoms with Crippen molar-refractivity contribution in [3.05, 3.63) is 101 Å². The number of rotatable bonds is 9. The lowest BCUT2D eigenvalue weighted by atomic mass is 10.00. The Morgan fingerprint density at radius 2 is 1.65 bits per heavy atom. The molecule has 192 valence electrons. The Balaban J connectivity index is 1.58. The maximum Gasteiger partial charge on any atom is 0.411 e. The minimum Gasteiger partial charge on any atom is -0.438 e. The Hall–Kier alpha value is -4.17. The van der Waals surface area contributed by atoms with Crippen molar-refractivity contribution in [3.63, 3.8) is 0 Å². The lowest BCUT2D eigenvalue weighted by molar-refractivity contribution is -0.126. The van der Waals surface area contributed by atoms with Crippen LogP contribution in [0.3, 0.4) is 0 Å². The summed E-state index contributed by atoms with van der Waals surface area (Å²) in [5.41, 5.74) is 4.72. The monoisotopic (exact) mass is 501 g/mol. The van der Waals surface area contributed by atoms with E-state index < -0.39 is 18.2 Å². The largest absolute Gasteiger partial charge is 0.438 e. The molecule has 0 aromatic heterocycles. The number of hydrogen-bond donors (Lipinski definition) is 2. The number of anilines is 1. The van der Waals surface area contributed by atoms with E-state index in [4.69, 9.17) is 9.47 Å². The predicted molar refractivity (Wildman–Crippen MR) is 140 cm³/mol. The Kier molecular flexibility index (Phi) is 8.20. The summed E-state index contributed by atoms with van der Waals surface area (Å²) >= 11 is 0. The van der Waals surface area contributed by atoms with Crippen LogP contribution in [0.15, 0.2) is 72.8 Å². The molecule has 4 rings (SSSR count). The van der Waals surface area contributed by atoms with E-state index in [9.17, 15) is 14.4 Å². The fourth-order valence-corrected chi connectivity index (χ4v) is 4.18. The van der Waals surface area contributed by atoms with Gasteiger partial charge in [-0.1, -0.05) is 59.7 Å². The van der Waals surface area contributed by atoms with Crippen LogP contribution in [0, 0.1) is 13.8 Å². The fourth-order valence-electron chi connectivity index (χ4n) is 4.18. The summed E-state index contributed by atoms with van der Waals surface area (Å²) < 4.78 is 10.8. The van der Waals surface area contributed by atoms with E-state index in [1.165, 1.54) is 4.90 Å². The molecule has 8 nitrogen and oxygen atoms in total. The van der Waals surface area contributed by atoms with Crippen LogP contribution in [0.4, 0.5) is 10.5 Å². The average Bonchev–Trinajstić information content (AvgIpc) is 3.22. The lowest BCUT2D eigenvalue weighted by Gasteiger charge is -2.24. The zero-order valence-electron chi connectivity index (χ0n) is 21.2. The molecule has 3 amide bonds. The van der Waals surface area contributed by atoms with Crippen molar-refractivity contribution in [2.24, 2.45) is 0 Å². The van der Waals surface area contributed by atoms with Crippen LogP contribution in [0.25, 0.3) is 0 Å². The molecule has 0 spiro atoms. The molecule has 2 N–H and O–H groups in total. The van der Waals surface area contributed by atoms with Crippen LogP contribution in [0.2, 0.25) is 0 Å². The minimum atomic E-state index is -0.895. The molecule has 1 aliphatic heterocycles. The molecule has 1 saturated heterocycles. The first-order valence-corrected chi connectivity index (χ1v) is 12.1. The molecular weight excluding hydrogens is 470 g/mol. The quantitative estimate of drug-likeness (QED) is 0.424. The van der Waals surface area contributed by atoms with Crippen LogP contribution in [0.5, 0.6) is 0 Å². The van der Waals surface area contributed by atoms with E-state index in [0.29, 0.717) is 30.0 Å². The molecule has 0 radical (unpaired) electrons. The van der Waals surface area contributed by atoms with Crippen LogP contribution in [0.1, 0.15) is 38.7 Å². The van der Waals surface area contributed by atoms with Crippen molar-refractivity contribution in [3.8, 4) is 0 Å². The summed E-state index contributed by atoms with van der Waals surface area (Å²) in [6, 6.07) is 21.2. The third-order valence-corrected chi connectivity index (χ3v) is 6.22. The van der Waals surface area contributed by atoms with Gasteiger partial charge < -0.3 is 20.1 Å². The zero-order valence-corrected chi connectivity index (χ0v) is 21.2. The first kappa shape index (κ1) is 25.9. The van der Waals surface area contributed by atoms with E-state index in [2.05, 4.69) is 10.6 Å². The van der Waals surface area contributed by atoms with Crippen molar-refractivity contribution in [1.82, 2.24) is 10.2 Å². The summed E-state index contributed by atoms with van der Waals surface area (Å²) in [6.45, 7) is 4.81. The number of methoxy groups -OCH3 is 1. The highest BCUT2D eigenvalue weighted by molar-refractivity contribution is 6.04. The molecule has 0 saturated carbocycles. The number of nitrogens with one attached hydrogen (secondary N) is 2. The Labute approximate surface area is 216 Å². The molecule has 2 atom stereocenters. The van der Waals surface area contributed by atoms with Crippen LogP contribution in [-0.4, -0.2) is 49.1 Å². The molecule has 0 bridgehead atoms. The van der Waals surface area contributed by atoms with E-state index in [1.807, 2.05) is 50.2 Å². The smallest absolute Gasteiger partial charge is 0.411 e. The van der Waals surface area contributed by atoms with Crippen LogP contribution >= 0.6 is 0 Å². The number of amides is 3. The van der Waals surface area contributed by atoms with Crippen LogP contribution < -0.4 is 10.6 Å². The SMILES string of the molecule is COCCNC(=O)[C@@H]1[C@H](c2cccc(NC(=O)c3ccc(C)cc3)c2)OC(=O)N1Cc1ccc(C)cc1. The topological polar surface area (TPSA) is 97.0 Å². The number of nitrogens with zero attached hydrogens (tertiary/aromatic N) is 1. The molecule has 0 unspecified atom stereocenters. The van der Waals surface area contributed by atoms with Gasteiger partial charge in [0.1, 0.15) is 0 Å². The second-order valence-corrected chi connectivity index (χ2v) is 9.09. The average molecular weight is 502 g/mol. The molecule has 1 aliphatic rings. The van der Waals surface area contributed by atoms with Crippen molar-refractivity contribution in [1.29, 1.82) is 0 Å². The Morgan fingerprint density at radius 3 is 2.32 bits per heavy atom. The second kappa shape index (κ2) is 11.7. The lowest BCUT2D eigenvalue weighted by Crippen LogP contribution is -2.47. The normalized spacial score (nSPS) is 16.8. The summed E-state index contributed by atoms with van der Waals surface area (Å²) in [5.74, 6) is -0.593. The number of aryl methyl sites for hydroxylation is 2. The highest BCUT2D eigenvalue weighted by Gasteiger charge is 2.47. The molecule has 37 heavy (non-hydrogen) atoms. The van der Waals surface area contributed by atoms with Gasteiger partial charge in [-0.05, 0) is 49.2 Å². The standard InChI is InChI=1S/C29H31N3O5/c1-19-7-11-21(12-8-19)18-32-25(28(34)30-15-16-36-3)26(37-29(32)35)23-5-4-6-24(17-23)31-27(33)22-13-9-20(2)10-14-22/h4-14,17,25-26H,15-16,18H2,1-3H3,(H,30,34)(H,31,33)/t25-,26-/m0/s1. The molecular formula is C29H31N3O5. The second-order valence-electron chi connectivity index (χ2n) is 9.09. The van der Waals surface area contributed by atoms with E-state index in [-0.39, 0.29) is 18.4 Å². The van der Waals surface area contributed by atoms with Gasteiger partial charge in [-0.15, -0.1) is 0 Å². The fraction of sp³-hybridized carbons (Fsp3) is 0.276. The van der Waals surface area contributed by atoms with Gasteiger partial charge in [0.15, 0.2) is 12.1 Å². The van der Waals surface area contributed by atoms with E-state index >= 15 is 0 Å². The van der Waals surface area contributed by atoms with Crippen molar-refractivity contribution >= 4 is 23.6 Å². The van der Waals surface area contributed by atoms with Crippen molar-refractivity contribution in [2.45, 2.75) is 32.5 Å². The first-order chi connectivity index (χ1) is 17.9. The highest BCUT2D eigenvalue weighted by Crippen LogP contribution is 2.35. The number of cyclic esters (lactones) is 1. The maximum absolute atomic E-state index is 13.3. The van der Waals surface area contributed by atoms with Gasteiger partial charge in [0, 0.05) is 24.9 Å². The van der Waals surface area contributed by atoms with Gasteiger partial charge in [-0.2, -0.15) is 0 Å². The predicted octanol–water partition coefficient (Wildman–Crippen LogP) is 4.38. The van der Waals surface area contributed by atoms with Gasteiger partial charge in [-0.25, -0.2) is 4.79 Å². The Bertz CT molecular complexity index is 1260. The van der Waals surface area contributed by atoms with Gasteiger partial charge in [0.05, 0.1) is 13.2 Å². The third kappa shape index (κ3) is 6.34. The third-order valence-electron chi connectivity index (χ3n) is 6.22. The van der Waals surface area contributed by atoms with Crippen LogP contribution in [-0.2, 0) is 20.8 Å². The van der Waals surface area contributed by atoms with Gasteiger partial charge in [0.25, 0.3) is 5.91 Å². The summed E-state index contributed by atoms with van der Waals surface area (Å²) in [4.78, 5) is 40.4. The maximum atomic E-state index is 13.3. The molecule has 1 fully saturated rings. The van der Waals surface area contributed by atoms with Gasteiger partial charge in [-0.3, -0.25) is 14.5 Å². The summed E-state index contributed by atoms with van der Waals surface area (Å²) in [7, 11) is 1.55. The molecule has 3 aromatic carbocycles. The molecule has 3 aromatic rings. The summed E-state index contributed by atoms with van der Waals surface area (Å²) in [5, 5.41) is 5.72. The van der Waals surface area contributed by atoms with Gasteiger partial charge >= 0.3 is 6.09 Å². The molecule has 0 aliphatic carbocycles. The number of hydrogen-bond acceptors (Lipinski definition) is 5. The number of ether oxygens (including phenoxy) is 2. The van der Waals surface area contributed by atoms with Crippen molar-refractivity contribution < 1.29 is 23.9 Å². The van der Waals surface area contributed by atoms with Crippen molar-refractivity contribution in [2.75, 3.05) is 25.6 Å². The Morgan fingerprint density at radius 1 is 0.973 bits per heavy atom. The minimum absolute atomic E-state index is 0.224. The number of carbonyl (C=O) groups is 3. The highest BCUT2D eigenvalue weighted by atomic mass is 16.6. The van der Waals surface area contributed by atoms with Gasteiger partial charge in [0.2, 0.25) is 5.91 Å². The molecule has 8 heteroatoms. The number of carbonyl (C=O) groups excluding carboxylic acids is 3. The zero-order chi connectivity index (χ0) is 26.4. The number of benzene rings is 3. The molecule has 1 heterocycles.